The molecule has 4 N–H and O–H groups in total. The average molecular weight is 489 g/mol. The Morgan fingerprint density at radius 1 is 1.21 bits per heavy atom. The standard InChI is InChI=1S/C24H22ClFN4O2.ClH/c1-32-23-7-14(2-3-16(23)11-27)6-18-8-15(4-5-28-18)24(31)30-12-17-9-19-20(25)13-29-22(19)10-21(17)26;/h2-5,7-10,13,29H,6,11-12,27H2,1H3,(H,30,31);1H. The molecule has 2 heterocycles. The first-order valence-electron chi connectivity index (χ1n) is 10.0. The molecular weight excluding hydrogens is 466 g/mol. The van der Waals surface area contributed by atoms with E-state index in [-0.39, 0.29) is 24.9 Å². The number of H-pyrrole nitrogens is 1. The Kier molecular flexibility index (Phi) is 7.92. The Morgan fingerprint density at radius 3 is 2.79 bits per heavy atom. The Balaban J connectivity index is 0.00000306. The maximum atomic E-state index is 14.4. The van der Waals surface area contributed by atoms with Gasteiger partial charge in [-0.2, -0.15) is 0 Å². The Labute approximate surface area is 201 Å². The maximum absolute atomic E-state index is 14.4. The number of fused-ring (bicyclic) bond motifs is 1. The van der Waals surface area contributed by atoms with E-state index >= 15 is 0 Å². The number of methoxy groups -OCH3 is 1. The molecular formula is C24H23Cl2FN4O2. The number of aromatic nitrogens is 2. The fraction of sp³-hybridized carbons (Fsp3) is 0.167. The number of nitrogens with zero attached hydrogens (tertiary/aromatic N) is 1. The molecule has 172 valence electrons. The van der Waals surface area contributed by atoms with Crippen molar-refractivity contribution >= 4 is 40.8 Å². The highest BCUT2D eigenvalue weighted by molar-refractivity contribution is 6.35. The molecule has 2 aromatic carbocycles. The van der Waals surface area contributed by atoms with Crippen LogP contribution in [0.2, 0.25) is 5.02 Å². The summed E-state index contributed by atoms with van der Waals surface area (Å²) in [6.45, 7) is 0.429. The molecule has 0 bridgehead atoms. The molecule has 9 heteroatoms. The molecule has 4 rings (SSSR count). The first-order valence-corrected chi connectivity index (χ1v) is 10.4. The lowest BCUT2D eigenvalue weighted by atomic mass is 10.0. The first kappa shape index (κ1) is 24.5. The summed E-state index contributed by atoms with van der Waals surface area (Å²) in [6, 6.07) is 12.2. The van der Waals surface area contributed by atoms with Gasteiger partial charge < -0.3 is 20.8 Å². The van der Waals surface area contributed by atoms with Crippen molar-refractivity contribution in [2.45, 2.75) is 19.5 Å². The molecule has 0 saturated heterocycles. The number of amides is 1. The molecule has 33 heavy (non-hydrogen) atoms. The zero-order valence-electron chi connectivity index (χ0n) is 17.8. The highest BCUT2D eigenvalue weighted by atomic mass is 35.5. The van der Waals surface area contributed by atoms with Crippen LogP contribution in [-0.2, 0) is 19.5 Å². The lowest BCUT2D eigenvalue weighted by molar-refractivity contribution is 0.0950. The summed E-state index contributed by atoms with van der Waals surface area (Å²) in [5.41, 5.74) is 9.77. The summed E-state index contributed by atoms with van der Waals surface area (Å²) in [6.07, 6.45) is 3.72. The van der Waals surface area contributed by atoms with E-state index in [9.17, 15) is 9.18 Å². The van der Waals surface area contributed by atoms with Crippen LogP contribution >= 0.6 is 24.0 Å². The van der Waals surface area contributed by atoms with Gasteiger partial charge in [0, 0.05) is 65.2 Å². The van der Waals surface area contributed by atoms with Gasteiger partial charge in [-0.25, -0.2) is 4.39 Å². The second kappa shape index (κ2) is 10.7. The average Bonchev–Trinajstić information content (AvgIpc) is 3.16. The number of pyridine rings is 1. The number of carbonyl (C=O) groups is 1. The van der Waals surface area contributed by atoms with Crippen molar-refractivity contribution in [2.24, 2.45) is 5.73 Å². The minimum Gasteiger partial charge on any atom is -0.496 e. The van der Waals surface area contributed by atoms with Crippen molar-refractivity contribution < 1.29 is 13.9 Å². The third-order valence-electron chi connectivity index (χ3n) is 5.27. The van der Waals surface area contributed by atoms with Crippen molar-refractivity contribution in [1.82, 2.24) is 15.3 Å². The van der Waals surface area contributed by atoms with Gasteiger partial charge in [-0.05, 0) is 35.9 Å². The largest absolute Gasteiger partial charge is 0.496 e. The molecule has 0 aliphatic rings. The number of nitrogens with two attached hydrogens (primary N) is 1. The summed E-state index contributed by atoms with van der Waals surface area (Å²) >= 11 is 6.11. The van der Waals surface area contributed by atoms with Crippen LogP contribution in [0.1, 0.15) is 32.7 Å². The number of hydrogen-bond acceptors (Lipinski definition) is 4. The lowest BCUT2D eigenvalue weighted by Crippen LogP contribution is -2.23. The normalized spacial score (nSPS) is 10.7. The van der Waals surface area contributed by atoms with Crippen LogP contribution in [0, 0.1) is 5.82 Å². The van der Waals surface area contributed by atoms with Gasteiger partial charge in [0.25, 0.3) is 5.91 Å². The smallest absolute Gasteiger partial charge is 0.251 e. The summed E-state index contributed by atoms with van der Waals surface area (Å²) in [4.78, 5) is 19.9. The van der Waals surface area contributed by atoms with E-state index in [4.69, 9.17) is 22.1 Å². The molecule has 4 aromatic rings. The Morgan fingerprint density at radius 2 is 2.03 bits per heavy atom. The van der Waals surface area contributed by atoms with E-state index in [0.29, 0.717) is 40.0 Å². The fourth-order valence-corrected chi connectivity index (χ4v) is 3.77. The van der Waals surface area contributed by atoms with Crippen molar-refractivity contribution in [3.05, 3.63) is 93.6 Å². The SMILES string of the molecule is COc1cc(Cc2cc(C(=O)NCc3cc4c(Cl)c[nH]c4cc3F)ccn2)ccc1CN.Cl. The van der Waals surface area contributed by atoms with Crippen LogP contribution in [0.15, 0.2) is 54.9 Å². The first-order chi connectivity index (χ1) is 15.5. The molecule has 0 radical (unpaired) electrons. The quantitative estimate of drug-likeness (QED) is 0.349. The van der Waals surface area contributed by atoms with Crippen LogP contribution in [0.25, 0.3) is 10.9 Å². The van der Waals surface area contributed by atoms with Crippen LogP contribution < -0.4 is 15.8 Å². The fourth-order valence-electron chi connectivity index (χ4n) is 3.56. The van der Waals surface area contributed by atoms with Crippen LogP contribution in [0.4, 0.5) is 4.39 Å². The zero-order chi connectivity index (χ0) is 22.7. The van der Waals surface area contributed by atoms with Gasteiger partial charge in [0.1, 0.15) is 11.6 Å². The Bertz CT molecular complexity index is 1290. The summed E-state index contributed by atoms with van der Waals surface area (Å²) in [5, 5.41) is 3.97. The van der Waals surface area contributed by atoms with Gasteiger partial charge in [-0.1, -0.05) is 23.7 Å². The molecule has 0 aliphatic heterocycles. The van der Waals surface area contributed by atoms with Gasteiger partial charge in [-0.3, -0.25) is 9.78 Å². The van der Waals surface area contributed by atoms with Crippen molar-refractivity contribution in [3.8, 4) is 5.75 Å². The second-order valence-corrected chi connectivity index (χ2v) is 7.78. The van der Waals surface area contributed by atoms with Gasteiger partial charge in [0.2, 0.25) is 0 Å². The van der Waals surface area contributed by atoms with Crippen LogP contribution in [0.3, 0.4) is 0 Å². The van der Waals surface area contributed by atoms with E-state index in [2.05, 4.69) is 15.3 Å². The number of carbonyl (C=O) groups excluding carboxylic acids is 1. The van der Waals surface area contributed by atoms with Gasteiger partial charge in [0.15, 0.2) is 0 Å². The predicted molar refractivity (Wildman–Crippen MR) is 130 cm³/mol. The lowest BCUT2D eigenvalue weighted by Gasteiger charge is -2.10. The number of ether oxygens (including phenoxy) is 1. The summed E-state index contributed by atoms with van der Waals surface area (Å²) in [7, 11) is 1.60. The number of aromatic amines is 1. The second-order valence-electron chi connectivity index (χ2n) is 7.37. The van der Waals surface area contributed by atoms with E-state index in [0.717, 1.165) is 22.6 Å². The molecule has 1 amide bonds. The summed E-state index contributed by atoms with van der Waals surface area (Å²) in [5.74, 6) is -0.00796. The van der Waals surface area contributed by atoms with Crippen LogP contribution in [0.5, 0.6) is 5.75 Å². The van der Waals surface area contributed by atoms with E-state index in [1.54, 1.807) is 37.7 Å². The molecule has 2 aromatic heterocycles. The van der Waals surface area contributed by atoms with Gasteiger partial charge in [-0.15, -0.1) is 12.4 Å². The summed E-state index contributed by atoms with van der Waals surface area (Å²) < 4.78 is 19.7. The van der Waals surface area contributed by atoms with Gasteiger partial charge in [0.05, 0.1) is 12.1 Å². The number of nitrogens with one attached hydrogen (secondary N) is 2. The number of rotatable bonds is 7. The van der Waals surface area contributed by atoms with E-state index in [1.807, 2.05) is 18.2 Å². The van der Waals surface area contributed by atoms with Gasteiger partial charge >= 0.3 is 0 Å². The minimum atomic E-state index is -0.415. The highest BCUT2D eigenvalue weighted by Gasteiger charge is 2.12. The number of benzene rings is 2. The van der Waals surface area contributed by atoms with Crippen molar-refractivity contribution in [3.63, 3.8) is 0 Å². The molecule has 0 aliphatic carbocycles. The molecule has 0 saturated carbocycles. The topological polar surface area (TPSA) is 93.0 Å². The number of hydrogen-bond donors (Lipinski definition) is 3. The molecule has 0 unspecified atom stereocenters. The van der Waals surface area contributed by atoms with E-state index in [1.165, 1.54) is 6.07 Å². The third-order valence-corrected chi connectivity index (χ3v) is 5.59. The number of halogens is 3. The van der Waals surface area contributed by atoms with Crippen molar-refractivity contribution in [1.29, 1.82) is 0 Å². The van der Waals surface area contributed by atoms with Crippen molar-refractivity contribution in [2.75, 3.05) is 7.11 Å². The highest BCUT2D eigenvalue weighted by Crippen LogP contribution is 2.26. The third kappa shape index (κ3) is 5.45. The Hall–Kier alpha value is -3.13. The zero-order valence-corrected chi connectivity index (χ0v) is 19.4. The molecule has 6 nitrogen and oxygen atoms in total. The van der Waals surface area contributed by atoms with Crippen LogP contribution in [-0.4, -0.2) is 23.0 Å². The molecule has 0 atom stereocenters. The molecule has 0 spiro atoms. The maximum Gasteiger partial charge on any atom is 0.251 e. The van der Waals surface area contributed by atoms with E-state index < -0.39 is 5.82 Å². The monoisotopic (exact) mass is 488 g/mol. The predicted octanol–water partition coefficient (Wildman–Crippen LogP) is 4.77. The molecule has 0 fully saturated rings. The minimum absolute atomic E-state index is 0.